The fraction of sp³-hybridized carbons (Fsp3) is 0.556. The van der Waals surface area contributed by atoms with Crippen LogP contribution < -0.4 is 5.73 Å². The van der Waals surface area contributed by atoms with E-state index in [4.69, 9.17) is 5.73 Å². The molecule has 1 aromatic heterocycles. The molecule has 3 heteroatoms. The lowest BCUT2D eigenvalue weighted by atomic mass is 9.99. The summed E-state index contributed by atoms with van der Waals surface area (Å²) in [5.41, 5.74) is 7.29. The van der Waals surface area contributed by atoms with Crippen LogP contribution in [0.5, 0.6) is 0 Å². The van der Waals surface area contributed by atoms with E-state index in [1.807, 2.05) is 0 Å². The number of thiophene rings is 1. The standard InChI is InChI=1S/C9H14BrNS/c1-6(2)8(11)3-7-4-9(10)12-5-7/h4-6,8H,3,11H2,1-2H3. The molecule has 2 N–H and O–H groups in total. The fourth-order valence-corrected chi connectivity index (χ4v) is 2.18. The Morgan fingerprint density at radius 1 is 1.58 bits per heavy atom. The molecule has 0 saturated carbocycles. The molecule has 1 rings (SSSR count). The number of hydrogen-bond acceptors (Lipinski definition) is 2. The van der Waals surface area contributed by atoms with Gasteiger partial charge in [-0.15, -0.1) is 11.3 Å². The van der Waals surface area contributed by atoms with Crippen LogP contribution >= 0.6 is 27.3 Å². The van der Waals surface area contributed by atoms with Gasteiger partial charge in [-0.3, -0.25) is 0 Å². The van der Waals surface area contributed by atoms with E-state index in [1.165, 1.54) is 9.35 Å². The first-order valence-corrected chi connectivity index (χ1v) is 5.75. The molecule has 0 radical (unpaired) electrons. The van der Waals surface area contributed by atoms with Gasteiger partial charge in [-0.25, -0.2) is 0 Å². The van der Waals surface area contributed by atoms with Gasteiger partial charge in [0.05, 0.1) is 3.79 Å². The first-order valence-electron chi connectivity index (χ1n) is 4.08. The van der Waals surface area contributed by atoms with Crippen molar-refractivity contribution in [3.05, 3.63) is 20.8 Å². The second-order valence-electron chi connectivity index (χ2n) is 3.37. The minimum atomic E-state index is 0.284. The third-order valence-electron chi connectivity index (χ3n) is 1.95. The van der Waals surface area contributed by atoms with Crippen LogP contribution in [0, 0.1) is 5.92 Å². The highest BCUT2D eigenvalue weighted by atomic mass is 79.9. The molecular weight excluding hydrogens is 234 g/mol. The minimum Gasteiger partial charge on any atom is -0.327 e. The van der Waals surface area contributed by atoms with Gasteiger partial charge >= 0.3 is 0 Å². The van der Waals surface area contributed by atoms with Crippen LogP contribution in [-0.2, 0) is 6.42 Å². The summed E-state index contributed by atoms with van der Waals surface area (Å²) < 4.78 is 1.19. The molecule has 0 amide bonds. The van der Waals surface area contributed by atoms with Crippen LogP contribution in [0.2, 0.25) is 0 Å². The third-order valence-corrected chi connectivity index (χ3v) is 3.50. The van der Waals surface area contributed by atoms with E-state index in [2.05, 4.69) is 41.2 Å². The van der Waals surface area contributed by atoms with Crippen LogP contribution in [0.1, 0.15) is 19.4 Å². The zero-order valence-corrected chi connectivity index (χ0v) is 9.78. The van der Waals surface area contributed by atoms with E-state index in [-0.39, 0.29) is 6.04 Å². The quantitative estimate of drug-likeness (QED) is 0.874. The molecule has 0 aromatic carbocycles. The molecule has 0 aliphatic carbocycles. The van der Waals surface area contributed by atoms with Crippen molar-refractivity contribution in [2.75, 3.05) is 0 Å². The summed E-state index contributed by atoms with van der Waals surface area (Å²) in [5, 5.41) is 2.16. The maximum atomic E-state index is 5.95. The largest absolute Gasteiger partial charge is 0.327 e. The summed E-state index contributed by atoms with van der Waals surface area (Å²) in [4.78, 5) is 0. The molecule has 0 fully saturated rings. The van der Waals surface area contributed by atoms with E-state index in [1.54, 1.807) is 11.3 Å². The molecule has 0 saturated heterocycles. The van der Waals surface area contributed by atoms with Gasteiger partial charge in [-0.1, -0.05) is 13.8 Å². The molecule has 68 valence electrons. The van der Waals surface area contributed by atoms with Gasteiger partial charge in [0.15, 0.2) is 0 Å². The number of nitrogens with two attached hydrogens (primary N) is 1. The zero-order chi connectivity index (χ0) is 9.14. The zero-order valence-electron chi connectivity index (χ0n) is 7.38. The Kier molecular flexibility index (Phi) is 3.75. The molecule has 1 atom stereocenters. The fourth-order valence-electron chi connectivity index (χ4n) is 0.961. The minimum absolute atomic E-state index is 0.284. The smallest absolute Gasteiger partial charge is 0.0701 e. The molecule has 0 bridgehead atoms. The maximum absolute atomic E-state index is 5.95. The summed E-state index contributed by atoms with van der Waals surface area (Å²) in [6.45, 7) is 4.32. The van der Waals surface area contributed by atoms with Gasteiger partial charge < -0.3 is 5.73 Å². The van der Waals surface area contributed by atoms with E-state index >= 15 is 0 Å². The lowest BCUT2D eigenvalue weighted by molar-refractivity contribution is 0.491. The van der Waals surface area contributed by atoms with Gasteiger partial charge in [0.2, 0.25) is 0 Å². The molecule has 0 aliphatic rings. The van der Waals surface area contributed by atoms with Crippen LogP contribution in [0.4, 0.5) is 0 Å². The van der Waals surface area contributed by atoms with Gasteiger partial charge in [0.25, 0.3) is 0 Å². The Morgan fingerprint density at radius 2 is 2.25 bits per heavy atom. The van der Waals surface area contributed by atoms with Crippen molar-refractivity contribution in [3.63, 3.8) is 0 Å². The monoisotopic (exact) mass is 247 g/mol. The Hall–Kier alpha value is 0.140. The first-order chi connectivity index (χ1) is 5.59. The summed E-state index contributed by atoms with van der Waals surface area (Å²) >= 11 is 5.16. The average Bonchev–Trinajstić information content (AvgIpc) is 2.35. The van der Waals surface area contributed by atoms with Gasteiger partial charge in [-0.2, -0.15) is 0 Å². The van der Waals surface area contributed by atoms with Crippen LogP contribution in [-0.4, -0.2) is 6.04 Å². The van der Waals surface area contributed by atoms with Crippen molar-refractivity contribution in [3.8, 4) is 0 Å². The van der Waals surface area contributed by atoms with Crippen LogP contribution in [0.25, 0.3) is 0 Å². The summed E-state index contributed by atoms with van der Waals surface area (Å²) in [5.74, 6) is 0.559. The molecular formula is C9H14BrNS. The molecule has 1 unspecified atom stereocenters. The van der Waals surface area contributed by atoms with E-state index in [0.717, 1.165) is 6.42 Å². The Bertz CT molecular complexity index is 244. The summed E-state index contributed by atoms with van der Waals surface area (Å²) in [6, 6.07) is 2.43. The highest BCUT2D eigenvalue weighted by molar-refractivity contribution is 9.11. The summed E-state index contributed by atoms with van der Waals surface area (Å²) in [6.07, 6.45) is 0.986. The van der Waals surface area contributed by atoms with Gasteiger partial charge in [-0.05, 0) is 45.3 Å². The highest BCUT2D eigenvalue weighted by Gasteiger charge is 2.09. The van der Waals surface area contributed by atoms with E-state index in [9.17, 15) is 0 Å². The van der Waals surface area contributed by atoms with Crippen LogP contribution in [0.15, 0.2) is 15.2 Å². The lowest BCUT2D eigenvalue weighted by Gasteiger charge is -2.13. The normalized spacial score (nSPS) is 13.8. The Labute approximate surface area is 86.1 Å². The van der Waals surface area contributed by atoms with Gasteiger partial charge in [0.1, 0.15) is 0 Å². The molecule has 1 nitrogen and oxygen atoms in total. The first kappa shape index (κ1) is 10.2. The SMILES string of the molecule is CC(C)C(N)Cc1csc(Br)c1. The van der Waals surface area contributed by atoms with Crippen molar-refractivity contribution in [2.24, 2.45) is 11.7 Å². The third kappa shape index (κ3) is 2.88. The number of rotatable bonds is 3. The number of hydrogen-bond donors (Lipinski definition) is 1. The average molecular weight is 248 g/mol. The second kappa shape index (κ2) is 4.40. The Morgan fingerprint density at radius 3 is 2.67 bits per heavy atom. The summed E-state index contributed by atoms with van der Waals surface area (Å²) in [7, 11) is 0. The number of halogens is 1. The van der Waals surface area contributed by atoms with Crippen molar-refractivity contribution in [1.82, 2.24) is 0 Å². The van der Waals surface area contributed by atoms with Crippen LogP contribution in [0.3, 0.4) is 0 Å². The molecule has 0 aliphatic heterocycles. The van der Waals surface area contributed by atoms with Crippen molar-refractivity contribution in [1.29, 1.82) is 0 Å². The molecule has 12 heavy (non-hydrogen) atoms. The highest BCUT2D eigenvalue weighted by Crippen LogP contribution is 2.22. The van der Waals surface area contributed by atoms with Crippen molar-refractivity contribution in [2.45, 2.75) is 26.3 Å². The van der Waals surface area contributed by atoms with Crippen molar-refractivity contribution >= 4 is 27.3 Å². The molecule has 0 spiro atoms. The predicted molar refractivity (Wildman–Crippen MR) is 58.5 cm³/mol. The predicted octanol–water partition coefficient (Wildman–Crippen LogP) is 3.04. The topological polar surface area (TPSA) is 26.0 Å². The maximum Gasteiger partial charge on any atom is 0.0701 e. The van der Waals surface area contributed by atoms with Gasteiger partial charge in [0, 0.05) is 6.04 Å². The van der Waals surface area contributed by atoms with E-state index in [0.29, 0.717) is 5.92 Å². The van der Waals surface area contributed by atoms with Crippen molar-refractivity contribution < 1.29 is 0 Å². The molecule has 1 aromatic rings. The lowest BCUT2D eigenvalue weighted by Crippen LogP contribution is -2.28. The van der Waals surface area contributed by atoms with E-state index < -0.39 is 0 Å². The molecule has 1 heterocycles. The second-order valence-corrected chi connectivity index (χ2v) is 5.66. The Balaban J connectivity index is 2.52.